The standard InChI is InChI=1S/C14H17NO4/c1-8-3-2-4-10(8)13(17)15-9-5-6-12(16)11(7-9)14(18)19/h5-8,10,16H,2-4H2,1H3,(H,15,17)(H,18,19). The summed E-state index contributed by atoms with van der Waals surface area (Å²) in [5.74, 6) is -1.26. The Hall–Kier alpha value is -2.04. The van der Waals surface area contributed by atoms with Crippen molar-refractivity contribution >= 4 is 17.6 Å². The number of nitrogens with one attached hydrogen (secondary N) is 1. The van der Waals surface area contributed by atoms with Crippen LogP contribution < -0.4 is 5.32 Å². The van der Waals surface area contributed by atoms with Crippen LogP contribution in [0.2, 0.25) is 0 Å². The molecular weight excluding hydrogens is 246 g/mol. The lowest BCUT2D eigenvalue weighted by molar-refractivity contribution is -0.120. The number of benzene rings is 1. The van der Waals surface area contributed by atoms with Crippen LogP contribution in [0, 0.1) is 11.8 Å². The predicted octanol–water partition coefficient (Wildman–Crippen LogP) is 2.47. The Kier molecular flexibility index (Phi) is 3.74. The van der Waals surface area contributed by atoms with Gasteiger partial charge in [-0.3, -0.25) is 4.79 Å². The SMILES string of the molecule is CC1CCCC1C(=O)Nc1ccc(O)c(C(=O)O)c1. The van der Waals surface area contributed by atoms with Crippen molar-refractivity contribution in [1.82, 2.24) is 0 Å². The Morgan fingerprint density at radius 3 is 2.63 bits per heavy atom. The van der Waals surface area contributed by atoms with E-state index < -0.39 is 5.97 Å². The molecule has 0 saturated heterocycles. The van der Waals surface area contributed by atoms with Gasteiger partial charge in [0.2, 0.25) is 5.91 Å². The van der Waals surface area contributed by atoms with Gasteiger partial charge in [-0.1, -0.05) is 13.3 Å². The Morgan fingerprint density at radius 1 is 1.32 bits per heavy atom. The van der Waals surface area contributed by atoms with Crippen molar-refractivity contribution in [2.75, 3.05) is 5.32 Å². The summed E-state index contributed by atoms with van der Waals surface area (Å²) in [5, 5.41) is 21.0. The first-order chi connectivity index (χ1) is 8.99. The van der Waals surface area contributed by atoms with Crippen molar-refractivity contribution in [3.8, 4) is 5.75 Å². The third kappa shape index (κ3) is 2.86. The average molecular weight is 263 g/mol. The average Bonchev–Trinajstić information content (AvgIpc) is 2.77. The van der Waals surface area contributed by atoms with E-state index in [4.69, 9.17) is 5.11 Å². The van der Waals surface area contributed by atoms with E-state index in [1.165, 1.54) is 18.2 Å². The number of hydrogen-bond donors (Lipinski definition) is 3. The Labute approximate surface area is 111 Å². The lowest BCUT2D eigenvalue weighted by Crippen LogP contribution is -2.24. The largest absolute Gasteiger partial charge is 0.507 e. The first-order valence-corrected chi connectivity index (χ1v) is 6.36. The summed E-state index contributed by atoms with van der Waals surface area (Å²) < 4.78 is 0. The fourth-order valence-electron chi connectivity index (χ4n) is 2.56. The molecule has 1 fully saturated rings. The minimum atomic E-state index is -1.22. The molecule has 1 saturated carbocycles. The summed E-state index contributed by atoms with van der Waals surface area (Å²) in [7, 11) is 0. The van der Waals surface area contributed by atoms with Crippen LogP contribution in [0.5, 0.6) is 5.75 Å². The van der Waals surface area contributed by atoms with Crippen LogP contribution in [-0.2, 0) is 4.79 Å². The second kappa shape index (κ2) is 5.30. The van der Waals surface area contributed by atoms with Crippen LogP contribution in [0.4, 0.5) is 5.69 Å². The normalized spacial score (nSPS) is 22.2. The van der Waals surface area contributed by atoms with Crippen LogP contribution in [0.15, 0.2) is 18.2 Å². The molecule has 1 aliphatic carbocycles. The van der Waals surface area contributed by atoms with Gasteiger partial charge in [0, 0.05) is 11.6 Å². The molecule has 1 aromatic carbocycles. The van der Waals surface area contributed by atoms with Gasteiger partial charge >= 0.3 is 5.97 Å². The molecule has 0 heterocycles. The number of carbonyl (C=O) groups is 2. The minimum Gasteiger partial charge on any atom is -0.507 e. The molecule has 2 atom stereocenters. The highest BCUT2D eigenvalue weighted by Gasteiger charge is 2.29. The van der Waals surface area contributed by atoms with Gasteiger partial charge in [-0.05, 0) is 37.0 Å². The number of aromatic carboxylic acids is 1. The van der Waals surface area contributed by atoms with Crippen LogP contribution in [0.25, 0.3) is 0 Å². The monoisotopic (exact) mass is 263 g/mol. The van der Waals surface area contributed by atoms with Crippen LogP contribution in [-0.4, -0.2) is 22.1 Å². The summed E-state index contributed by atoms with van der Waals surface area (Å²) in [5.41, 5.74) is 0.191. The molecule has 3 N–H and O–H groups in total. The highest BCUT2D eigenvalue weighted by atomic mass is 16.4. The van der Waals surface area contributed by atoms with Gasteiger partial charge in [-0.2, -0.15) is 0 Å². The highest BCUT2D eigenvalue weighted by molar-refractivity contribution is 5.96. The van der Waals surface area contributed by atoms with Gasteiger partial charge in [0.1, 0.15) is 11.3 Å². The molecule has 0 bridgehead atoms. The van der Waals surface area contributed by atoms with Gasteiger partial charge in [-0.15, -0.1) is 0 Å². The number of rotatable bonds is 3. The Balaban J connectivity index is 2.13. The molecule has 5 nitrogen and oxygen atoms in total. The zero-order valence-electron chi connectivity index (χ0n) is 10.7. The molecule has 0 radical (unpaired) electrons. The molecule has 1 amide bonds. The molecule has 5 heteroatoms. The van der Waals surface area contributed by atoms with E-state index in [0.717, 1.165) is 19.3 Å². The van der Waals surface area contributed by atoms with Crippen molar-refractivity contribution in [1.29, 1.82) is 0 Å². The molecule has 19 heavy (non-hydrogen) atoms. The van der Waals surface area contributed by atoms with Crippen LogP contribution in [0.3, 0.4) is 0 Å². The lowest BCUT2D eigenvalue weighted by atomic mass is 9.97. The molecule has 2 rings (SSSR count). The van der Waals surface area contributed by atoms with E-state index in [0.29, 0.717) is 11.6 Å². The van der Waals surface area contributed by atoms with E-state index in [9.17, 15) is 14.7 Å². The maximum Gasteiger partial charge on any atom is 0.339 e. The maximum atomic E-state index is 12.1. The topological polar surface area (TPSA) is 86.6 Å². The van der Waals surface area contributed by atoms with Gasteiger partial charge in [0.15, 0.2) is 0 Å². The predicted molar refractivity (Wildman–Crippen MR) is 70.2 cm³/mol. The maximum absolute atomic E-state index is 12.1. The molecule has 0 aromatic heterocycles. The second-order valence-electron chi connectivity index (χ2n) is 5.04. The van der Waals surface area contributed by atoms with Crippen molar-refractivity contribution < 1.29 is 19.8 Å². The van der Waals surface area contributed by atoms with E-state index in [2.05, 4.69) is 12.2 Å². The smallest absolute Gasteiger partial charge is 0.339 e. The van der Waals surface area contributed by atoms with Crippen molar-refractivity contribution in [3.63, 3.8) is 0 Å². The number of anilines is 1. The van der Waals surface area contributed by atoms with E-state index in [-0.39, 0.29) is 23.1 Å². The van der Waals surface area contributed by atoms with Crippen molar-refractivity contribution in [2.24, 2.45) is 11.8 Å². The summed E-state index contributed by atoms with van der Waals surface area (Å²) in [6, 6.07) is 4.05. The third-order valence-corrected chi connectivity index (χ3v) is 3.69. The van der Waals surface area contributed by atoms with Crippen LogP contribution >= 0.6 is 0 Å². The highest BCUT2D eigenvalue weighted by Crippen LogP contribution is 2.32. The Bertz CT molecular complexity index is 512. The number of aromatic hydroxyl groups is 1. The number of carbonyl (C=O) groups excluding carboxylic acids is 1. The fourth-order valence-corrected chi connectivity index (χ4v) is 2.56. The molecule has 0 spiro atoms. The Morgan fingerprint density at radius 2 is 2.05 bits per heavy atom. The molecule has 2 unspecified atom stereocenters. The van der Waals surface area contributed by atoms with Gasteiger partial charge in [0.25, 0.3) is 0 Å². The quantitative estimate of drug-likeness (QED) is 0.731. The van der Waals surface area contributed by atoms with Crippen molar-refractivity contribution in [3.05, 3.63) is 23.8 Å². The molecular formula is C14H17NO4. The zero-order valence-corrected chi connectivity index (χ0v) is 10.7. The van der Waals surface area contributed by atoms with Crippen LogP contribution in [0.1, 0.15) is 36.5 Å². The van der Waals surface area contributed by atoms with Gasteiger partial charge < -0.3 is 15.5 Å². The first-order valence-electron chi connectivity index (χ1n) is 6.36. The molecule has 1 aliphatic rings. The third-order valence-electron chi connectivity index (χ3n) is 3.69. The summed E-state index contributed by atoms with van der Waals surface area (Å²) >= 11 is 0. The number of hydrogen-bond acceptors (Lipinski definition) is 3. The molecule has 102 valence electrons. The van der Waals surface area contributed by atoms with Gasteiger partial charge in [-0.25, -0.2) is 4.79 Å². The van der Waals surface area contributed by atoms with E-state index in [1.54, 1.807) is 0 Å². The molecule has 0 aliphatic heterocycles. The number of amides is 1. The minimum absolute atomic E-state index is 0.0120. The summed E-state index contributed by atoms with van der Waals surface area (Å²) in [6.07, 6.45) is 2.97. The van der Waals surface area contributed by atoms with Gasteiger partial charge in [0.05, 0.1) is 0 Å². The number of phenols is 1. The lowest BCUT2D eigenvalue weighted by Gasteiger charge is -2.15. The van der Waals surface area contributed by atoms with Crippen molar-refractivity contribution in [2.45, 2.75) is 26.2 Å². The van der Waals surface area contributed by atoms with E-state index in [1.807, 2.05) is 0 Å². The number of carboxylic acids is 1. The first kappa shape index (κ1) is 13.4. The zero-order chi connectivity index (χ0) is 14.0. The number of carboxylic acid groups (broad SMARTS) is 1. The molecule has 1 aromatic rings. The fraction of sp³-hybridized carbons (Fsp3) is 0.429. The second-order valence-corrected chi connectivity index (χ2v) is 5.04. The summed E-state index contributed by atoms with van der Waals surface area (Å²) in [4.78, 5) is 23.0. The van der Waals surface area contributed by atoms with E-state index >= 15 is 0 Å². The summed E-state index contributed by atoms with van der Waals surface area (Å²) in [6.45, 7) is 2.05.